The van der Waals surface area contributed by atoms with Crippen LogP contribution in [0, 0.1) is 34.5 Å². The Balaban J connectivity index is 1.46. The van der Waals surface area contributed by atoms with Crippen LogP contribution >= 0.6 is 0 Å². The third-order valence-corrected chi connectivity index (χ3v) is 9.90. The molecule has 11 atom stereocenters. The molecule has 2 spiro atoms. The lowest BCUT2D eigenvalue weighted by molar-refractivity contribution is -0.376. The van der Waals surface area contributed by atoms with Gasteiger partial charge in [0.05, 0.1) is 31.0 Å². The highest BCUT2D eigenvalue weighted by atomic mass is 16.7. The van der Waals surface area contributed by atoms with Crippen LogP contribution in [0.4, 0.5) is 0 Å². The van der Waals surface area contributed by atoms with E-state index >= 15 is 0 Å². The van der Waals surface area contributed by atoms with E-state index in [9.17, 15) is 9.59 Å². The first-order chi connectivity index (χ1) is 16.1. The van der Waals surface area contributed by atoms with E-state index in [2.05, 4.69) is 19.9 Å². The number of esters is 2. The molecule has 0 N–H and O–H groups in total. The summed E-state index contributed by atoms with van der Waals surface area (Å²) in [5.41, 5.74) is -1.56. The van der Waals surface area contributed by atoms with Gasteiger partial charge in [0.25, 0.3) is 0 Å². The molecule has 1 unspecified atom stereocenters. The molecule has 0 radical (unpaired) electrons. The lowest BCUT2D eigenvalue weighted by Crippen LogP contribution is -2.77. The summed E-state index contributed by atoms with van der Waals surface area (Å²) in [6.45, 7) is 10.2. The molecule has 2 aliphatic carbocycles. The minimum atomic E-state index is -0.823. The van der Waals surface area contributed by atoms with Crippen molar-refractivity contribution >= 4 is 11.9 Å². The fourth-order valence-electron chi connectivity index (χ4n) is 8.04. The average molecular weight is 477 g/mol. The number of hydrogen-bond acceptors (Lipinski definition) is 8. The fourth-order valence-corrected chi connectivity index (χ4v) is 8.04. The monoisotopic (exact) mass is 476 g/mol. The number of fused-ring (bicyclic) bond motifs is 2. The molecule has 8 nitrogen and oxygen atoms in total. The lowest BCUT2D eigenvalue weighted by Gasteiger charge is -2.69. The Morgan fingerprint density at radius 2 is 1.88 bits per heavy atom. The Bertz CT molecular complexity index is 910. The highest BCUT2D eigenvalue weighted by Gasteiger charge is 2.83. The third kappa shape index (κ3) is 2.88. The van der Waals surface area contributed by atoms with Crippen LogP contribution in [-0.2, 0) is 38.0 Å². The molecule has 0 amide bonds. The van der Waals surface area contributed by atoms with Crippen molar-refractivity contribution in [3.8, 4) is 0 Å². The highest BCUT2D eigenvalue weighted by Crippen LogP contribution is 2.74. The predicted octanol–water partition coefficient (Wildman–Crippen LogP) is 3.33. The smallest absolute Gasteiger partial charge is 0.310 e. The Labute approximate surface area is 200 Å². The van der Waals surface area contributed by atoms with Crippen LogP contribution in [0.5, 0.6) is 0 Å². The van der Waals surface area contributed by atoms with Gasteiger partial charge in [-0.05, 0) is 37.2 Å². The summed E-state index contributed by atoms with van der Waals surface area (Å²) in [6.07, 6.45) is 5.21. The minimum absolute atomic E-state index is 0.0285. The normalized spacial score (nSPS) is 52.3. The van der Waals surface area contributed by atoms with Crippen molar-refractivity contribution in [3.63, 3.8) is 0 Å². The van der Waals surface area contributed by atoms with Gasteiger partial charge in [0, 0.05) is 24.7 Å². The van der Waals surface area contributed by atoms with E-state index < -0.39 is 23.4 Å². The van der Waals surface area contributed by atoms with Gasteiger partial charge in [-0.25, -0.2) is 0 Å². The molecule has 6 fully saturated rings. The maximum atomic E-state index is 12.8. The number of rotatable bonds is 4. The Kier molecular flexibility index (Phi) is 4.98. The van der Waals surface area contributed by atoms with Crippen LogP contribution < -0.4 is 0 Å². The zero-order valence-electron chi connectivity index (χ0n) is 20.7. The summed E-state index contributed by atoms with van der Waals surface area (Å²) in [6, 6.07) is 0. The minimum Gasteiger partial charge on any atom is -0.472 e. The quantitative estimate of drug-likeness (QED) is 0.451. The molecular weight excluding hydrogens is 440 g/mol. The van der Waals surface area contributed by atoms with Crippen molar-refractivity contribution in [2.45, 2.75) is 96.8 Å². The van der Waals surface area contributed by atoms with Crippen LogP contribution in [0.15, 0.2) is 12.3 Å². The van der Waals surface area contributed by atoms with E-state index in [4.69, 9.17) is 28.4 Å². The van der Waals surface area contributed by atoms with E-state index in [1.54, 1.807) is 6.26 Å². The van der Waals surface area contributed by atoms with Crippen molar-refractivity contribution < 1.29 is 38.0 Å². The zero-order chi connectivity index (χ0) is 24.0. The predicted molar refractivity (Wildman–Crippen MR) is 118 cm³/mol. The fraction of sp³-hybridized carbons (Fsp3) is 0.846. The highest BCUT2D eigenvalue weighted by molar-refractivity contribution is 5.71. The second kappa shape index (κ2) is 7.43. The Morgan fingerprint density at radius 1 is 1.12 bits per heavy atom. The van der Waals surface area contributed by atoms with Gasteiger partial charge in [-0.3, -0.25) is 9.59 Å². The largest absolute Gasteiger partial charge is 0.472 e. The first-order valence-electron chi connectivity index (χ1n) is 12.8. The summed E-state index contributed by atoms with van der Waals surface area (Å²) in [5.74, 6) is -0.464. The van der Waals surface area contributed by atoms with Crippen LogP contribution in [-0.4, -0.2) is 55.0 Å². The zero-order valence-corrected chi connectivity index (χ0v) is 20.7. The summed E-state index contributed by atoms with van der Waals surface area (Å²) < 4.78 is 37.1. The van der Waals surface area contributed by atoms with E-state index in [1.807, 2.05) is 13.8 Å². The number of ether oxygens (including phenoxy) is 6. The summed E-state index contributed by atoms with van der Waals surface area (Å²) in [4.78, 5) is 25.2. The van der Waals surface area contributed by atoms with Crippen LogP contribution in [0.1, 0.15) is 60.3 Å². The molecule has 34 heavy (non-hydrogen) atoms. The van der Waals surface area contributed by atoms with Gasteiger partial charge >= 0.3 is 11.9 Å². The van der Waals surface area contributed by atoms with Crippen molar-refractivity contribution in [2.75, 3.05) is 6.61 Å². The van der Waals surface area contributed by atoms with E-state index in [0.717, 1.165) is 19.3 Å². The maximum absolute atomic E-state index is 12.8. The lowest BCUT2D eigenvalue weighted by atomic mass is 9.40. The second-order valence-electron chi connectivity index (χ2n) is 11.8. The molecule has 7 aliphatic rings. The van der Waals surface area contributed by atoms with Gasteiger partial charge in [-0.2, -0.15) is 0 Å². The number of carbonyl (C=O) groups excluding carboxylic acids is 2. The Morgan fingerprint density at radius 3 is 2.53 bits per heavy atom. The topological polar surface area (TPSA) is 92.8 Å². The van der Waals surface area contributed by atoms with Gasteiger partial charge in [0.1, 0.15) is 17.1 Å². The molecule has 2 bridgehead atoms. The van der Waals surface area contributed by atoms with Crippen LogP contribution in [0.25, 0.3) is 0 Å². The molecule has 0 aromatic heterocycles. The van der Waals surface area contributed by atoms with Gasteiger partial charge in [-0.15, -0.1) is 0 Å². The molecule has 188 valence electrons. The van der Waals surface area contributed by atoms with Crippen molar-refractivity contribution in [1.82, 2.24) is 0 Å². The molecule has 0 aromatic carbocycles. The molecule has 4 saturated heterocycles. The van der Waals surface area contributed by atoms with Crippen LogP contribution in [0.2, 0.25) is 0 Å². The standard InChI is InChI=1S/C26H36O8/c1-13(2)21(28)34-23-26-18(10-17(32-23)11-25(26)12-30-25)24(5,14(3)8-20(26)31-15(4)27)19-9-16-6-7-29-22(16)33-19/h6-7,13-14,16-20,22-23H,8-12H2,1-5H3/t14-,16-,17-,18-,19+,20+,22+,23?,24+,25+,26+/m1/s1. The molecular formula is C26H36O8. The van der Waals surface area contributed by atoms with Crippen molar-refractivity contribution in [3.05, 3.63) is 12.3 Å². The summed E-state index contributed by atoms with van der Waals surface area (Å²) in [7, 11) is 0. The van der Waals surface area contributed by atoms with E-state index in [1.165, 1.54) is 6.92 Å². The maximum Gasteiger partial charge on any atom is 0.310 e. The summed E-state index contributed by atoms with van der Waals surface area (Å²) >= 11 is 0. The first-order valence-corrected chi connectivity index (χ1v) is 12.8. The molecule has 7 rings (SSSR count). The average Bonchev–Trinajstić information content (AvgIpc) is 3.18. The number of epoxide rings is 1. The second-order valence-corrected chi connectivity index (χ2v) is 11.8. The molecule has 0 aromatic rings. The van der Waals surface area contributed by atoms with Gasteiger partial charge in [0.2, 0.25) is 12.6 Å². The first kappa shape index (κ1) is 22.8. The number of hydrogen-bond donors (Lipinski definition) is 0. The molecule has 2 saturated carbocycles. The molecule has 5 aliphatic heterocycles. The summed E-state index contributed by atoms with van der Waals surface area (Å²) in [5, 5.41) is 0. The van der Waals surface area contributed by atoms with Gasteiger partial charge in [0.15, 0.2) is 0 Å². The van der Waals surface area contributed by atoms with Crippen LogP contribution in [0.3, 0.4) is 0 Å². The van der Waals surface area contributed by atoms with Crippen molar-refractivity contribution in [2.24, 2.45) is 34.5 Å². The van der Waals surface area contributed by atoms with E-state index in [-0.39, 0.29) is 59.5 Å². The van der Waals surface area contributed by atoms with E-state index in [0.29, 0.717) is 13.0 Å². The van der Waals surface area contributed by atoms with Gasteiger partial charge < -0.3 is 28.4 Å². The Hall–Kier alpha value is -1.64. The van der Waals surface area contributed by atoms with Crippen molar-refractivity contribution in [1.29, 1.82) is 0 Å². The van der Waals surface area contributed by atoms with Gasteiger partial charge in [-0.1, -0.05) is 27.7 Å². The number of carbonyl (C=O) groups is 2. The molecule has 8 heteroatoms. The molecule has 5 heterocycles. The SMILES string of the molecule is CC(=O)O[C@H]1C[C@@H](C)[C@](C)([C@@H]2C[C@H]3C=CO[C@H]3O2)[C@H]2C[C@@H]3C[C@]4(CO4)[C@]12C(OC(=O)C(C)C)O3. The third-order valence-electron chi connectivity index (χ3n) is 9.90.